The lowest BCUT2D eigenvalue weighted by atomic mass is 9.57. The second-order valence-corrected chi connectivity index (χ2v) is 7.40. The van der Waals surface area contributed by atoms with E-state index in [-0.39, 0.29) is 17.4 Å². The number of carbonyl (C=O) groups excluding carboxylic acids is 1. The van der Waals surface area contributed by atoms with Crippen molar-refractivity contribution in [2.24, 2.45) is 23.2 Å². The second-order valence-electron chi connectivity index (χ2n) is 7.40. The van der Waals surface area contributed by atoms with Gasteiger partial charge >= 0.3 is 0 Å². The van der Waals surface area contributed by atoms with Gasteiger partial charge in [-0.1, -0.05) is 12.8 Å². The third kappa shape index (κ3) is 2.64. The molecular formula is C18H26O3. The van der Waals surface area contributed by atoms with Crippen molar-refractivity contribution in [3.05, 3.63) is 0 Å². The normalized spacial score (nSPS) is 47.0. The molecule has 21 heavy (non-hydrogen) atoms. The maximum absolute atomic E-state index is 12.6. The lowest BCUT2D eigenvalue weighted by Gasteiger charge is -2.47. The van der Waals surface area contributed by atoms with Crippen LogP contribution in [0.25, 0.3) is 0 Å². The Bertz CT molecular complexity index is 475. The van der Waals surface area contributed by atoms with Crippen LogP contribution in [0, 0.1) is 35.0 Å². The van der Waals surface area contributed by atoms with Crippen LogP contribution in [0.15, 0.2) is 0 Å². The first-order chi connectivity index (χ1) is 10.0. The van der Waals surface area contributed by atoms with E-state index in [9.17, 15) is 15.0 Å². The Morgan fingerprint density at radius 1 is 1.14 bits per heavy atom. The summed E-state index contributed by atoms with van der Waals surface area (Å²) in [5, 5.41) is 20.1. The van der Waals surface area contributed by atoms with E-state index in [1.165, 1.54) is 0 Å². The molecule has 0 radical (unpaired) electrons. The van der Waals surface area contributed by atoms with Crippen LogP contribution in [0.4, 0.5) is 0 Å². The van der Waals surface area contributed by atoms with Gasteiger partial charge < -0.3 is 10.2 Å². The Kier molecular flexibility index (Phi) is 4.12. The number of aliphatic hydroxyl groups is 2. The van der Waals surface area contributed by atoms with Gasteiger partial charge in [0.25, 0.3) is 0 Å². The van der Waals surface area contributed by atoms with Gasteiger partial charge in [0.1, 0.15) is 11.9 Å². The Balaban J connectivity index is 1.85. The maximum Gasteiger partial charge on any atom is 0.136 e. The molecule has 3 heteroatoms. The number of Topliss-reactive ketones (excluding diaryl/α,β-unsaturated/α-hetero) is 1. The quantitative estimate of drug-likeness (QED) is 0.673. The van der Waals surface area contributed by atoms with E-state index < -0.39 is 6.10 Å². The molecule has 3 nitrogen and oxygen atoms in total. The van der Waals surface area contributed by atoms with Crippen LogP contribution in [-0.4, -0.2) is 28.2 Å². The zero-order chi connectivity index (χ0) is 15.0. The standard InChI is InChI=1S/C18H26O3/c1-18-11-10-14-13(15(18)7-9-17(18)21)5-3-2-4-12(19)6-8-16(14)20/h12-15,17,19,21H,3,5-11H2,1H3/t12-,13-,14+,15+,17+,18+/m1/s1. The average Bonchev–Trinajstić information content (AvgIpc) is 2.76. The highest BCUT2D eigenvalue weighted by Crippen LogP contribution is 2.57. The Labute approximate surface area is 127 Å². The van der Waals surface area contributed by atoms with Gasteiger partial charge in [0.15, 0.2) is 0 Å². The summed E-state index contributed by atoms with van der Waals surface area (Å²) in [5.41, 5.74) is -0.00148. The summed E-state index contributed by atoms with van der Waals surface area (Å²) in [6, 6.07) is 0. The van der Waals surface area contributed by atoms with Crippen molar-refractivity contribution in [1.29, 1.82) is 0 Å². The number of ketones is 1. The van der Waals surface area contributed by atoms with Gasteiger partial charge in [-0.05, 0) is 55.8 Å². The van der Waals surface area contributed by atoms with Crippen LogP contribution < -0.4 is 0 Å². The molecule has 2 saturated carbocycles. The molecule has 0 aromatic rings. The summed E-state index contributed by atoms with van der Waals surface area (Å²) in [6.45, 7) is 2.21. The molecule has 0 spiro atoms. The van der Waals surface area contributed by atoms with Gasteiger partial charge in [0.05, 0.1) is 6.10 Å². The number of rotatable bonds is 0. The Morgan fingerprint density at radius 2 is 1.95 bits per heavy atom. The van der Waals surface area contributed by atoms with E-state index in [1.807, 2.05) is 0 Å². The SMILES string of the molecule is C[C@]12CC[C@@H]3C(=O)CC[C@H](O)C#CCC[C@H]3[C@@H]1CC[C@@H]2O. The summed E-state index contributed by atoms with van der Waals surface area (Å²) in [5.74, 6) is 7.20. The number of hydrogen-bond donors (Lipinski definition) is 2. The van der Waals surface area contributed by atoms with Crippen molar-refractivity contribution in [1.82, 2.24) is 0 Å². The lowest BCUT2D eigenvalue weighted by molar-refractivity contribution is -0.131. The van der Waals surface area contributed by atoms with E-state index in [1.54, 1.807) is 0 Å². The summed E-state index contributed by atoms with van der Waals surface area (Å²) in [4.78, 5) is 12.6. The molecular weight excluding hydrogens is 264 g/mol. The molecule has 2 fully saturated rings. The Morgan fingerprint density at radius 3 is 2.76 bits per heavy atom. The predicted octanol–water partition coefficient (Wildman–Crippen LogP) is 2.30. The molecule has 116 valence electrons. The summed E-state index contributed by atoms with van der Waals surface area (Å²) >= 11 is 0. The minimum Gasteiger partial charge on any atom is -0.393 e. The monoisotopic (exact) mass is 290 g/mol. The predicted molar refractivity (Wildman–Crippen MR) is 80.3 cm³/mol. The van der Waals surface area contributed by atoms with Crippen LogP contribution in [0.5, 0.6) is 0 Å². The van der Waals surface area contributed by atoms with E-state index >= 15 is 0 Å². The van der Waals surface area contributed by atoms with Crippen molar-refractivity contribution >= 4 is 5.78 Å². The fraction of sp³-hybridized carbons (Fsp3) is 0.833. The first-order valence-corrected chi connectivity index (χ1v) is 8.39. The number of carbonyl (C=O) groups is 1. The molecule has 0 aromatic heterocycles. The molecule has 3 aliphatic carbocycles. The highest BCUT2D eigenvalue weighted by atomic mass is 16.3. The minimum absolute atomic E-state index is 0.00148. The number of hydrogen-bond acceptors (Lipinski definition) is 3. The fourth-order valence-electron chi connectivity index (χ4n) is 5.03. The molecule has 2 N–H and O–H groups in total. The van der Waals surface area contributed by atoms with E-state index in [0.29, 0.717) is 30.5 Å². The van der Waals surface area contributed by atoms with Crippen molar-refractivity contribution in [2.75, 3.05) is 0 Å². The van der Waals surface area contributed by atoms with Gasteiger partial charge in [-0.25, -0.2) is 0 Å². The lowest BCUT2D eigenvalue weighted by Crippen LogP contribution is -2.45. The van der Waals surface area contributed by atoms with Crippen LogP contribution in [0.3, 0.4) is 0 Å². The molecule has 0 heterocycles. The van der Waals surface area contributed by atoms with Crippen molar-refractivity contribution in [3.8, 4) is 11.8 Å². The van der Waals surface area contributed by atoms with Crippen LogP contribution in [0.1, 0.15) is 58.3 Å². The van der Waals surface area contributed by atoms with E-state index in [0.717, 1.165) is 38.5 Å². The van der Waals surface area contributed by atoms with Gasteiger partial charge in [-0.3, -0.25) is 4.79 Å². The van der Waals surface area contributed by atoms with Crippen LogP contribution >= 0.6 is 0 Å². The molecule has 0 amide bonds. The van der Waals surface area contributed by atoms with Gasteiger partial charge in [0, 0.05) is 18.8 Å². The maximum atomic E-state index is 12.6. The second kappa shape index (κ2) is 5.74. The summed E-state index contributed by atoms with van der Waals surface area (Å²) in [6.07, 6.45) is 5.54. The van der Waals surface area contributed by atoms with Gasteiger partial charge in [0.2, 0.25) is 0 Å². The number of fused-ring (bicyclic) bond motifs is 3. The smallest absolute Gasteiger partial charge is 0.136 e. The molecule has 0 bridgehead atoms. The fourth-order valence-corrected chi connectivity index (χ4v) is 5.03. The van der Waals surface area contributed by atoms with Gasteiger partial charge in [-0.15, -0.1) is 5.92 Å². The van der Waals surface area contributed by atoms with Crippen molar-refractivity contribution < 1.29 is 15.0 Å². The molecule has 0 aromatic carbocycles. The third-order valence-corrected chi connectivity index (χ3v) is 6.34. The molecule has 0 unspecified atom stereocenters. The van der Waals surface area contributed by atoms with Crippen LogP contribution in [-0.2, 0) is 4.79 Å². The van der Waals surface area contributed by atoms with Crippen LogP contribution in [0.2, 0.25) is 0 Å². The molecule has 3 aliphatic rings. The molecule has 3 rings (SSSR count). The molecule has 0 saturated heterocycles. The van der Waals surface area contributed by atoms with Crippen molar-refractivity contribution in [3.63, 3.8) is 0 Å². The first-order valence-electron chi connectivity index (χ1n) is 8.39. The minimum atomic E-state index is -0.646. The van der Waals surface area contributed by atoms with E-state index in [2.05, 4.69) is 18.8 Å². The average molecular weight is 290 g/mol. The Hall–Kier alpha value is -0.850. The molecule has 6 atom stereocenters. The summed E-state index contributed by atoms with van der Waals surface area (Å²) in [7, 11) is 0. The first kappa shape index (κ1) is 15.1. The van der Waals surface area contributed by atoms with Gasteiger partial charge in [-0.2, -0.15) is 0 Å². The third-order valence-electron chi connectivity index (χ3n) is 6.34. The number of aliphatic hydroxyl groups excluding tert-OH is 2. The zero-order valence-corrected chi connectivity index (χ0v) is 12.8. The molecule has 0 aliphatic heterocycles. The topological polar surface area (TPSA) is 57.5 Å². The van der Waals surface area contributed by atoms with E-state index in [4.69, 9.17) is 0 Å². The highest BCUT2D eigenvalue weighted by molar-refractivity contribution is 5.81. The largest absolute Gasteiger partial charge is 0.393 e. The van der Waals surface area contributed by atoms with Crippen molar-refractivity contribution in [2.45, 2.75) is 70.5 Å². The zero-order valence-electron chi connectivity index (χ0n) is 12.8. The highest BCUT2D eigenvalue weighted by Gasteiger charge is 2.54. The summed E-state index contributed by atoms with van der Waals surface area (Å²) < 4.78 is 0.